The molecule has 0 saturated carbocycles. The van der Waals surface area contributed by atoms with Crippen LogP contribution in [0.2, 0.25) is 0 Å². The van der Waals surface area contributed by atoms with Crippen LogP contribution < -0.4 is 9.47 Å². The molecule has 1 aliphatic rings. The molecule has 0 radical (unpaired) electrons. The largest absolute Gasteiger partial charge is 0.497 e. The monoisotopic (exact) mass is 399 g/mol. The minimum absolute atomic E-state index is 0.221. The first kappa shape index (κ1) is 19.5. The van der Waals surface area contributed by atoms with Crippen LogP contribution in [0.1, 0.15) is 22.3 Å². The Morgan fingerprint density at radius 2 is 1.80 bits per heavy atom. The van der Waals surface area contributed by atoms with E-state index in [4.69, 9.17) is 14.2 Å². The number of hydrogen-bond donors (Lipinski definition) is 0. The van der Waals surface area contributed by atoms with Crippen LogP contribution in [0.4, 0.5) is 0 Å². The first-order valence-corrected chi connectivity index (χ1v) is 9.57. The van der Waals surface area contributed by atoms with Gasteiger partial charge in [0.2, 0.25) is 5.90 Å². The fraction of sp³-hybridized carbons (Fsp3) is 0.120. The average molecular weight is 399 g/mol. The normalized spacial score (nSPS) is 14.4. The van der Waals surface area contributed by atoms with Crippen molar-refractivity contribution in [1.82, 2.24) is 0 Å². The van der Waals surface area contributed by atoms with Gasteiger partial charge in [0, 0.05) is 11.1 Å². The summed E-state index contributed by atoms with van der Waals surface area (Å²) < 4.78 is 16.6. The summed E-state index contributed by atoms with van der Waals surface area (Å²) in [4.78, 5) is 16.7. The van der Waals surface area contributed by atoms with E-state index in [1.165, 1.54) is 5.56 Å². The Labute approximate surface area is 175 Å². The fourth-order valence-corrected chi connectivity index (χ4v) is 3.01. The molecule has 0 saturated heterocycles. The Hall–Kier alpha value is -3.86. The molecule has 0 aromatic heterocycles. The van der Waals surface area contributed by atoms with Crippen molar-refractivity contribution < 1.29 is 19.0 Å². The summed E-state index contributed by atoms with van der Waals surface area (Å²) in [5.41, 5.74) is 3.93. The number of carbonyl (C=O) groups is 1. The molecule has 3 aromatic carbocycles. The van der Waals surface area contributed by atoms with E-state index in [1.54, 1.807) is 19.3 Å². The second-order valence-corrected chi connectivity index (χ2v) is 6.88. The number of aliphatic imine (C=N–C) groups is 1. The molecule has 30 heavy (non-hydrogen) atoms. The van der Waals surface area contributed by atoms with Crippen molar-refractivity contribution in [2.75, 3.05) is 7.11 Å². The number of benzene rings is 3. The zero-order valence-corrected chi connectivity index (χ0v) is 16.8. The molecule has 0 fully saturated rings. The second kappa shape index (κ2) is 8.66. The molecular weight excluding hydrogens is 378 g/mol. The van der Waals surface area contributed by atoms with Crippen LogP contribution in [0.5, 0.6) is 11.5 Å². The van der Waals surface area contributed by atoms with Crippen molar-refractivity contribution >= 4 is 17.9 Å². The number of aryl methyl sites for hydroxylation is 1. The van der Waals surface area contributed by atoms with Gasteiger partial charge in [-0.2, -0.15) is 0 Å². The van der Waals surface area contributed by atoms with Crippen LogP contribution >= 0.6 is 0 Å². The number of para-hydroxylation sites is 1. The van der Waals surface area contributed by atoms with Gasteiger partial charge in [0.15, 0.2) is 5.70 Å². The molecule has 5 heteroatoms. The third kappa shape index (κ3) is 4.41. The summed E-state index contributed by atoms with van der Waals surface area (Å²) in [5.74, 6) is 1.09. The van der Waals surface area contributed by atoms with E-state index >= 15 is 0 Å². The van der Waals surface area contributed by atoms with E-state index in [9.17, 15) is 4.79 Å². The van der Waals surface area contributed by atoms with Crippen LogP contribution in [0.25, 0.3) is 6.08 Å². The average Bonchev–Trinajstić information content (AvgIpc) is 3.14. The Balaban J connectivity index is 1.57. The van der Waals surface area contributed by atoms with Crippen molar-refractivity contribution in [3.63, 3.8) is 0 Å². The lowest BCUT2D eigenvalue weighted by Crippen LogP contribution is -2.05. The molecule has 4 rings (SSSR count). The van der Waals surface area contributed by atoms with Gasteiger partial charge in [0.25, 0.3) is 0 Å². The molecule has 150 valence electrons. The van der Waals surface area contributed by atoms with E-state index in [0.717, 1.165) is 11.1 Å². The van der Waals surface area contributed by atoms with Gasteiger partial charge in [-0.25, -0.2) is 9.79 Å². The van der Waals surface area contributed by atoms with Crippen LogP contribution in [0.3, 0.4) is 0 Å². The van der Waals surface area contributed by atoms with E-state index in [1.807, 2.05) is 61.5 Å². The first-order chi connectivity index (χ1) is 14.6. The minimum Gasteiger partial charge on any atom is -0.497 e. The molecule has 0 atom stereocenters. The van der Waals surface area contributed by atoms with Gasteiger partial charge in [-0.05, 0) is 42.8 Å². The SMILES string of the molecule is COc1cccc(C2=NC(=Cc3ccccc3OCc3ccc(C)cc3)C(=O)O2)c1. The third-order valence-corrected chi connectivity index (χ3v) is 4.66. The van der Waals surface area contributed by atoms with Crippen LogP contribution in [0, 0.1) is 6.92 Å². The number of methoxy groups -OCH3 is 1. The standard InChI is InChI=1S/C25H21NO4/c1-17-10-12-18(13-11-17)16-29-23-9-4-3-6-19(23)15-22-25(27)30-24(26-22)20-7-5-8-21(14-20)28-2/h3-15H,16H2,1-2H3. The van der Waals surface area contributed by atoms with E-state index < -0.39 is 5.97 Å². The number of cyclic esters (lactones) is 1. The summed E-state index contributed by atoms with van der Waals surface area (Å²) in [6.07, 6.45) is 1.68. The molecule has 0 spiro atoms. The van der Waals surface area contributed by atoms with Crippen molar-refractivity contribution in [2.45, 2.75) is 13.5 Å². The van der Waals surface area contributed by atoms with E-state index in [-0.39, 0.29) is 11.6 Å². The lowest BCUT2D eigenvalue weighted by molar-refractivity contribution is -0.129. The molecular formula is C25H21NO4. The van der Waals surface area contributed by atoms with E-state index in [0.29, 0.717) is 23.7 Å². The highest BCUT2D eigenvalue weighted by Gasteiger charge is 2.24. The lowest BCUT2D eigenvalue weighted by Gasteiger charge is -2.09. The predicted molar refractivity (Wildman–Crippen MR) is 116 cm³/mol. The third-order valence-electron chi connectivity index (χ3n) is 4.66. The maximum Gasteiger partial charge on any atom is 0.363 e. The fourth-order valence-electron chi connectivity index (χ4n) is 3.01. The Morgan fingerprint density at radius 3 is 2.60 bits per heavy atom. The van der Waals surface area contributed by atoms with Crippen LogP contribution in [-0.4, -0.2) is 19.0 Å². The highest BCUT2D eigenvalue weighted by atomic mass is 16.6. The van der Waals surface area contributed by atoms with Gasteiger partial charge < -0.3 is 14.2 Å². The van der Waals surface area contributed by atoms with Gasteiger partial charge in [0.1, 0.15) is 18.1 Å². The number of hydrogen-bond acceptors (Lipinski definition) is 5. The van der Waals surface area contributed by atoms with Crippen molar-refractivity contribution in [3.05, 3.63) is 101 Å². The zero-order valence-electron chi connectivity index (χ0n) is 16.8. The molecule has 1 heterocycles. The zero-order chi connectivity index (χ0) is 20.9. The molecule has 1 aliphatic heterocycles. The Kier molecular flexibility index (Phi) is 5.61. The number of ether oxygens (including phenoxy) is 3. The van der Waals surface area contributed by atoms with Crippen LogP contribution in [0.15, 0.2) is 83.5 Å². The summed E-state index contributed by atoms with van der Waals surface area (Å²) >= 11 is 0. The van der Waals surface area contributed by atoms with Crippen molar-refractivity contribution in [1.29, 1.82) is 0 Å². The quantitative estimate of drug-likeness (QED) is 0.436. The maximum absolute atomic E-state index is 12.4. The molecule has 0 bridgehead atoms. The van der Waals surface area contributed by atoms with Gasteiger partial charge in [-0.3, -0.25) is 0 Å². The predicted octanol–water partition coefficient (Wildman–Crippen LogP) is 4.93. The maximum atomic E-state index is 12.4. The number of rotatable bonds is 6. The lowest BCUT2D eigenvalue weighted by atomic mass is 10.1. The highest BCUT2D eigenvalue weighted by Crippen LogP contribution is 2.26. The number of esters is 1. The van der Waals surface area contributed by atoms with Crippen LogP contribution in [-0.2, 0) is 16.1 Å². The Bertz CT molecular complexity index is 1130. The van der Waals surface area contributed by atoms with Crippen molar-refractivity contribution in [2.24, 2.45) is 4.99 Å². The van der Waals surface area contributed by atoms with Gasteiger partial charge in [-0.15, -0.1) is 0 Å². The second-order valence-electron chi connectivity index (χ2n) is 6.88. The number of carbonyl (C=O) groups excluding carboxylic acids is 1. The summed E-state index contributed by atoms with van der Waals surface area (Å²) in [6, 6.07) is 22.9. The molecule has 0 N–H and O–H groups in total. The molecule has 3 aromatic rings. The molecule has 0 aliphatic carbocycles. The molecule has 0 amide bonds. The van der Waals surface area contributed by atoms with Gasteiger partial charge in [0.05, 0.1) is 7.11 Å². The smallest absolute Gasteiger partial charge is 0.363 e. The highest BCUT2D eigenvalue weighted by molar-refractivity contribution is 6.13. The van der Waals surface area contributed by atoms with Gasteiger partial charge >= 0.3 is 5.97 Å². The van der Waals surface area contributed by atoms with Gasteiger partial charge in [-0.1, -0.05) is 54.1 Å². The summed E-state index contributed by atoms with van der Waals surface area (Å²) in [6.45, 7) is 2.48. The minimum atomic E-state index is -0.499. The van der Waals surface area contributed by atoms with Crippen molar-refractivity contribution in [3.8, 4) is 11.5 Å². The Morgan fingerprint density at radius 1 is 1.00 bits per heavy atom. The number of nitrogens with zero attached hydrogens (tertiary/aromatic N) is 1. The first-order valence-electron chi connectivity index (χ1n) is 9.57. The molecule has 0 unspecified atom stereocenters. The topological polar surface area (TPSA) is 57.1 Å². The summed E-state index contributed by atoms with van der Waals surface area (Å²) in [7, 11) is 1.58. The molecule has 5 nitrogen and oxygen atoms in total. The summed E-state index contributed by atoms with van der Waals surface area (Å²) in [5, 5.41) is 0. The van der Waals surface area contributed by atoms with E-state index in [2.05, 4.69) is 17.1 Å².